The van der Waals surface area contributed by atoms with Gasteiger partial charge in [0.15, 0.2) is 9.84 Å². The molecule has 4 aromatic carbocycles. The SMILES string of the molecule is O=C(O)CC(Cc1cccc(C(F)(F)F)c1)S(=O)(=O)c1ccc(-c2ccc(-c3cccc4c3Cc3ccccc3-4)cc2)s1. The van der Waals surface area contributed by atoms with Gasteiger partial charge in [-0.3, -0.25) is 4.79 Å². The van der Waals surface area contributed by atoms with E-state index in [9.17, 15) is 31.5 Å². The van der Waals surface area contributed by atoms with Crippen LogP contribution in [0, 0.1) is 0 Å². The fraction of sp³-hybridized carbons (Fsp3) is 0.147. The summed E-state index contributed by atoms with van der Waals surface area (Å²) in [7, 11) is -4.16. The second-order valence-electron chi connectivity index (χ2n) is 10.5. The van der Waals surface area contributed by atoms with Crippen LogP contribution >= 0.6 is 11.3 Å². The Labute approximate surface area is 251 Å². The Hall–Kier alpha value is -4.21. The first-order valence-electron chi connectivity index (χ1n) is 13.5. The van der Waals surface area contributed by atoms with Crippen LogP contribution in [0.15, 0.2) is 107 Å². The fourth-order valence-electron chi connectivity index (χ4n) is 5.66. The van der Waals surface area contributed by atoms with Gasteiger partial charge in [0.25, 0.3) is 0 Å². The molecule has 0 amide bonds. The number of sulfone groups is 1. The molecule has 1 aromatic heterocycles. The van der Waals surface area contributed by atoms with E-state index in [1.54, 1.807) is 6.07 Å². The van der Waals surface area contributed by atoms with E-state index < -0.39 is 39.2 Å². The maximum absolute atomic E-state index is 13.6. The molecule has 1 aliphatic rings. The Morgan fingerprint density at radius 2 is 1.49 bits per heavy atom. The summed E-state index contributed by atoms with van der Waals surface area (Å²) in [5.41, 5.74) is 7.22. The van der Waals surface area contributed by atoms with Gasteiger partial charge >= 0.3 is 12.1 Å². The van der Waals surface area contributed by atoms with Gasteiger partial charge in [0.2, 0.25) is 0 Å². The smallest absolute Gasteiger partial charge is 0.416 e. The molecule has 0 fully saturated rings. The molecule has 5 aromatic rings. The van der Waals surface area contributed by atoms with Crippen molar-refractivity contribution in [3.05, 3.63) is 125 Å². The maximum Gasteiger partial charge on any atom is 0.416 e. The van der Waals surface area contributed by atoms with Crippen molar-refractivity contribution in [2.75, 3.05) is 0 Å². The third kappa shape index (κ3) is 5.75. The number of hydrogen-bond donors (Lipinski definition) is 1. The summed E-state index contributed by atoms with van der Waals surface area (Å²) in [6, 6.07) is 30.0. The summed E-state index contributed by atoms with van der Waals surface area (Å²) in [5, 5.41) is 8.00. The van der Waals surface area contributed by atoms with Crippen LogP contribution in [0.25, 0.3) is 32.7 Å². The van der Waals surface area contributed by atoms with E-state index in [1.165, 1.54) is 40.5 Å². The number of carboxylic acids is 1. The molecule has 0 spiro atoms. The summed E-state index contributed by atoms with van der Waals surface area (Å²) in [6.45, 7) is 0. The summed E-state index contributed by atoms with van der Waals surface area (Å²) < 4.78 is 66.7. The van der Waals surface area contributed by atoms with Crippen LogP contribution in [0.3, 0.4) is 0 Å². The second-order valence-corrected chi connectivity index (χ2v) is 14.1. The van der Waals surface area contributed by atoms with E-state index in [4.69, 9.17) is 0 Å². The zero-order valence-electron chi connectivity index (χ0n) is 22.6. The van der Waals surface area contributed by atoms with Crippen LogP contribution in [0.4, 0.5) is 13.2 Å². The fourth-order valence-corrected chi connectivity index (χ4v) is 8.90. The Balaban J connectivity index is 1.26. The number of aliphatic carboxylic acids is 1. The first-order valence-corrected chi connectivity index (χ1v) is 15.9. The van der Waals surface area contributed by atoms with Crippen LogP contribution < -0.4 is 0 Å². The highest BCUT2D eigenvalue weighted by atomic mass is 32.2. The van der Waals surface area contributed by atoms with E-state index in [-0.39, 0.29) is 16.2 Å². The lowest BCUT2D eigenvalue weighted by molar-refractivity contribution is -0.138. The van der Waals surface area contributed by atoms with Gasteiger partial charge < -0.3 is 5.11 Å². The number of halogens is 3. The van der Waals surface area contributed by atoms with E-state index in [0.717, 1.165) is 46.6 Å². The van der Waals surface area contributed by atoms with Gasteiger partial charge in [0, 0.05) is 4.88 Å². The van der Waals surface area contributed by atoms with Crippen molar-refractivity contribution in [1.29, 1.82) is 0 Å². The summed E-state index contributed by atoms with van der Waals surface area (Å²) in [4.78, 5) is 12.3. The number of rotatable bonds is 8. The second kappa shape index (κ2) is 11.1. The number of alkyl halides is 3. The zero-order valence-corrected chi connectivity index (χ0v) is 24.3. The number of carboxylic acid groups (broad SMARTS) is 1. The quantitative estimate of drug-likeness (QED) is 0.186. The van der Waals surface area contributed by atoms with Gasteiger partial charge in [-0.05, 0) is 75.5 Å². The topological polar surface area (TPSA) is 71.4 Å². The molecule has 1 unspecified atom stereocenters. The lowest BCUT2D eigenvalue weighted by Gasteiger charge is -2.16. The van der Waals surface area contributed by atoms with Crippen LogP contribution in [0.5, 0.6) is 0 Å². The van der Waals surface area contributed by atoms with Crippen molar-refractivity contribution in [3.63, 3.8) is 0 Å². The molecule has 0 saturated carbocycles. The number of benzene rings is 4. The molecule has 6 rings (SSSR count). The molecule has 4 nitrogen and oxygen atoms in total. The summed E-state index contributed by atoms with van der Waals surface area (Å²) >= 11 is 1.02. The largest absolute Gasteiger partial charge is 0.481 e. The van der Waals surface area contributed by atoms with Gasteiger partial charge in [-0.25, -0.2) is 8.42 Å². The van der Waals surface area contributed by atoms with Crippen LogP contribution in [-0.2, 0) is 33.6 Å². The molecule has 0 saturated heterocycles. The molecule has 43 heavy (non-hydrogen) atoms. The monoisotopic (exact) mass is 618 g/mol. The van der Waals surface area contributed by atoms with Gasteiger partial charge in [-0.1, -0.05) is 84.9 Å². The van der Waals surface area contributed by atoms with Crippen LogP contribution in [-0.4, -0.2) is 24.7 Å². The summed E-state index contributed by atoms with van der Waals surface area (Å²) in [6.07, 6.45) is -4.83. The van der Waals surface area contributed by atoms with Crippen molar-refractivity contribution < 1.29 is 31.5 Å². The number of thiophene rings is 1. The Bertz CT molecular complexity index is 1940. The van der Waals surface area contributed by atoms with E-state index in [1.807, 2.05) is 42.5 Å². The minimum absolute atomic E-state index is 0.0246. The molecule has 0 bridgehead atoms. The Morgan fingerprint density at radius 3 is 2.23 bits per heavy atom. The molecule has 1 heterocycles. The number of hydrogen-bond acceptors (Lipinski definition) is 4. The Kier molecular flexibility index (Phi) is 7.48. The van der Waals surface area contributed by atoms with Gasteiger partial charge in [0.1, 0.15) is 4.21 Å². The highest BCUT2D eigenvalue weighted by Gasteiger charge is 2.34. The molecule has 1 N–H and O–H groups in total. The van der Waals surface area contributed by atoms with Crippen molar-refractivity contribution in [2.45, 2.75) is 34.9 Å². The number of fused-ring (bicyclic) bond motifs is 3. The van der Waals surface area contributed by atoms with Gasteiger partial charge in [-0.2, -0.15) is 13.2 Å². The van der Waals surface area contributed by atoms with Crippen LogP contribution in [0.2, 0.25) is 0 Å². The van der Waals surface area contributed by atoms with Crippen LogP contribution in [0.1, 0.15) is 28.7 Å². The minimum Gasteiger partial charge on any atom is -0.481 e. The van der Waals surface area contributed by atoms with E-state index >= 15 is 0 Å². The normalized spacial score (nSPS) is 13.4. The molecule has 0 radical (unpaired) electrons. The number of carbonyl (C=O) groups is 1. The third-order valence-electron chi connectivity index (χ3n) is 7.75. The molecule has 1 aliphatic carbocycles. The molecule has 218 valence electrons. The minimum atomic E-state index is -4.60. The molecule has 9 heteroatoms. The zero-order chi connectivity index (χ0) is 30.4. The third-order valence-corrected chi connectivity index (χ3v) is 11.5. The maximum atomic E-state index is 13.6. The van der Waals surface area contributed by atoms with Crippen molar-refractivity contribution in [3.8, 4) is 32.7 Å². The lowest BCUT2D eigenvalue weighted by Crippen LogP contribution is -2.26. The average molecular weight is 619 g/mol. The highest BCUT2D eigenvalue weighted by molar-refractivity contribution is 7.94. The predicted molar refractivity (Wildman–Crippen MR) is 162 cm³/mol. The van der Waals surface area contributed by atoms with Gasteiger partial charge in [0.05, 0.1) is 17.2 Å². The first kappa shape index (κ1) is 28.9. The van der Waals surface area contributed by atoms with E-state index in [0.29, 0.717) is 4.88 Å². The molecular weight excluding hydrogens is 593 g/mol. The van der Waals surface area contributed by atoms with Gasteiger partial charge in [-0.15, -0.1) is 11.3 Å². The van der Waals surface area contributed by atoms with Crippen molar-refractivity contribution in [1.82, 2.24) is 0 Å². The predicted octanol–water partition coefficient (Wildman–Crippen LogP) is 8.53. The van der Waals surface area contributed by atoms with Crippen molar-refractivity contribution >= 4 is 27.1 Å². The molecule has 1 atom stereocenters. The first-order chi connectivity index (χ1) is 20.5. The average Bonchev–Trinajstić information content (AvgIpc) is 3.63. The molecular formula is C34H25F3O4S2. The van der Waals surface area contributed by atoms with E-state index in [2.05, 4.69) is 24.3 Å². The highest BCUT2D eigenvalue weighted by Crippen LogP contribution is 2.42. The lowest BCUT2D eigenvalue weighted by atomic mass is 9.95. The molecule has 0 aliphatic heterocycles. The Morgan fingerprint density at radius 1 is 0.814 bits per heavy atom. The van der Waals surface area contributed by atoms with Crippen molar-refractivity contribution in [2.24, 2.45) is 0 Å². The summed E-state index contributed by atoms with van der Waals surface area (Å²) in [5.74, 6) is -1.34. The standard InChI is InChI=1S/C34H25F3O4S2/c35-34(36,37)25-7-3-5-21(17-25)18-26(20-32(38)39)43(40,41)33-16-15-31(42-33)23-13-11-22(12-14-23)27-9-4-10-29-28-8-2-1-6-24(28)19-30(27)29/h1-17,26H,18-20H2,(H,38,39).